The number of nitrogens with zero attached hydrogens (tertiary/aromatic N) is 1. The van der Waals surface area contributed by atoms with Gasteiger partial charge in [0.15, 0.2) is 6.61 Å². The molecule has 0 heterocycles. The number of amides is 1. The monoisotopic (exact) mass is 354 g/mol. The number of hydrogen-bond donors (Lipinski definition) is 1. The fourth-order valence-electron chi connectivity index (χ4n) is 2.92. The van der Waals surface area contributed by atoms with Gasteiger partial charge in [0.05, 0.1) is 6.04 Å². The van der Waals surface area contributed by atoms with Crippen molar-refractivity contribution in [2.24, 2.45) is 0 Å². The Morgan fingerprint density at radius 2 is 1.81 bits per heavy atom. The largest absolute Gasteiger partial charge is 0.483 e. The molecule has 2 rings (SSSR count). The minimum absolute atomic E-state index is 0.0259. The third-order valence-corrected chi connectivity index (χ3v) is 4.45. The molecule has 0 bridgehead atoms. The summed E-state index contributed by atoms with van der Waals surface area (Å²) in [5, 5.41) is 2.99. The lowest BCUT2D eigenvalue weighted by molar-refractivity contribution is -0.123. The zero-order valence-corrected chi connectivity index (χ0v) is 16.5. The van der Waals surface area contributed by atoms with E-state index in [9.17, 15) is 4.79 Å². The Kier molecular flexibility index (Phi) is 7.22. The molecule has 4 heteroatoms. The van der Waals surface area contributed by atoms with Crippen LogP contribution in [-0.2, 0) is 4.79 Å². The minimum atomic E-state index is -0.107. The SMILES string of the molecule is Cc1ccc(C(C)C)c(OCC(=O)NCC(c2ccccc2)N(C)C)c1. The van der Waals surface area contributed by atoms with Gasteiger partial charge in [0, 0.05) is 6.54 Å². The van der Waals surface area contributed by atoms with E-state index in [-0.39, 0.29) is 18.6 Å². The second kappa shape index (κ2) is 9.39. The van der Waals surface area contributed by atoms with Crippen molar-refractivity contribution in [2.45, 2.75) is 32.7 Å². The molecule has 0 spiro atoms. The first kappa shape index (κ1) is 20.0. The van der Waals surface area contributed by atoms with E-state index < -0.39 is 0 Å². The van der Waals surface area contributed by atoms with Gasteiger partial charge in [-0.05, 0) is 49.7 Å². The highest BCUT2D eigenvalue weighted by Gasteiger charge is 2.16. The van der Waals surface area contributed by atoms with Crippen molar-refractivity contribution < 1.29 is 9.53 Å². The summed E-state index contributed by atoms with van der Waals surface area (Å²) < 4.78 is 5.81. The van der Waals surface area contributed by atoms with Crippen LogP contribution >= 0.6 is 0 Å². The van der Waals surface area contributed by atoms with Crippen molar-refractivity contribution in [3.63, 3.8) is 0 Å². The van der Waals surface area contributed by atoms with E-state index in [2.05, 4.69) is 48.3 Å². The first-order valence-electron chi connectivity index (χ1n) is 9.10. The van der Waals surface area contributed by atoms with Crippen LogP contribution in [0.1, 0.15) is 42.5 Å². The lowest BCUT2D eigenvalue weighted by Gasteiger charge is -2.25. The summed E-state index contributed by atoms with van der Waals surface area (Å²) in [5.41, 5.74) is 3.43. The maximum atomic E-state index is 12.3. The third-order valence-electron chi connectivity index (χ3n) is 4.45. The second-order valence-electron chi connectivity index (χ2n) is 7.18. The summed E-state index contributed by atoms with van der Waals surface area (Å²) in [4.78, 5) is 14.4. The van der Waals surface area contributed by atoms with Crippen molar-refractivity contribution in [3.8, 4) is 5.75 Å². The van der Waals surface area contributed by atoms with Gasteiger partial charge >= 0.3 is 0 Å². The molecule has 2 aromatic carbocycles. The number of aryl methyl sites for hydroxylation is 1. The average molecular weight is 354 g/mol. The summed E-state index contributed by atoms with van der Waals surface area (Å²) in [6, 6.07) is 16.5. The molecule has 0 fully saturated rings. The maximum absolute atomic E-state index is 12.3. The lowest BCUT2D eigenvalue weighted by Crippen LogP contribution is -2.36. The van der Waals surface area contributed by atoms with Crippen molar-refractivity contribution in [3.05, 3.63) is 65.2 Å². The van der Waals surface area contributed by atoms with E-state index in [0.29, 0.717) is 12.5 Å². The van der Waals surface area contributed by atoms with Gasteiger partial charge in [-0.25, -0.2) is 0 Å². The predicted octanol–water partition coefficient (Wildman–Crippen LogP) is 3.92. The molecular weight excluding hydrogens is 324 g/mol. The summed E-state index contributed by atoms with van der Waals surface area (Å²) in [6.45, 7) is 6.85. The number of rotatable bonds is 8. The Hall–Kier alpha value is -2.33. The average Bonchev–Trinajstić information content (AvgIpc) is 2.60. The quantitative estimate of drug-likeness (QED) is 0.781. The predicted molar refractivity (Wildman–Crippen MR) is 107 cm³/mol. The molecule has 0 saturated heterocycles. The van der Waals surface area contributed by atoms with E-state index in [1.165, 1.54) is 5.56 Å². The highest BCUT2D eigenvalue weighted by molar-refractivity contribution is 5.77. The summed E-state index contributed by atoms with van der Waals surface area (Å²) in [6.07, 6.45) is 0. The van der Waals surface area contributed by atoms with Crippen LogP contribution in [0.4, 0.5) is 0 Å². The molecule has 0 aliphatic heterocycles. The highest BCUT2D eigenvalue weighted by Crippen LogP contribution is 2.27. The van der Waals surface area contributed by atoms with Gasteiger partial charge in [-0.15, -0.1) is 0 Å². The zero-order chi connectivity index (χ0) is 19.1. The molecule has 26 heavy (non-hydrogen) atoms. The molecule has 0 aromatic heterocycles. The smallest absolute Gasteiger partial charge is 0.258 e. The Balaban J connectivity index is 1.94. The molecule has 0 radical (unpaired) electrons. The summed E-state index contributed by atoms with van der Waals surface area (Å²) >= 11 is 0. The second-order valence-corrected chi connectivity index (χ2v) is 7.18. The van der Waals surface area contributed by atoms with E-state index in [1.54, 1.807) is 0 Å². The van der Waals surface area contributed by atoms with Crippen molar-refractivity contribution >= 4 is 5.91 Å². The Morgan fingerprint density at radius 3 is 2.42 bits per heavy atom. The first-order valence-corrected chi connectivity index (χ1v) is 9.10. The fraction of sp³-hybridized carbons (Fsp3) is 0.409. The number of hydrogen-bond acceptors (Lipinski definition) is 3. The van der Waals surface area contributed by atoms with Crippen LogP contribution in [0.2, 0.25) is 0 Å². The third kappa shape index (κ3) is 5.60. The van der Waals surface area contributed by atoms with Crippen molar-refractivity contribution in [1.29, 1.82) is 0 Å². The number of nitrogens with one attached hydrogen (secondary N) is 1. The van der Waals surface area contributed by atoms with Crippen LogP contribution in [0.25, 0.3) is 0 Å². The normalized spacial score (nSPS) is 12.3. The molecule has 1 N–H and O–H groups in total. The molecule has 4 nitrogen and oxygen atoms in total. The summed E-state index contributed by atoms with van der Waals surface area (Å²) in [7, 11) is 4.03. The number of benzene rings is 2. The number of carbonyl (C=O) groups excluding carboxylic acids is 1. The van der Waals surface area contributed by atoms with Gasteiger partial charge in [0.1, 0.15) is 5.75 Å². The van der Waals surface area contributed by atoms with Gasteiger partial charge in [0.2, 0.25) is 0 Å². The van der Waals surface area contributed by atoms with Crippen LogP contribution in [0, 0.1) is 6.92 Å². The molecule has 1 amide bonds. The fourth-order valence-corrected chi connectivity index (χ4v) is 2.92. The molecule has 140 valence electrons. The van der Waals surface area contributed by atoms with Gasteiger partial charge < -0.3 is 15.0 Å². The zero-order valence-electron chi connectivity index (χ0n) is 16.5. The molecule has 2 aromatic rings. The van der Waals surface area contributed by atoms with E-state index in [1.807, 2.05) is 45.3 Å². The minimum Gasteiger partial charge on any atom is -0.483 e. The Bertz CT molecular complexity index is 711. The Labute approximate surface area is 157 Å². The highest BCUT2D eigenvalue weighted by atomic mass is 16.5. The van der Waals surface area contributed by atoms with Crippen LogP contribution in [0.5, 0.6) is 5.75 Å². The molecular formula is C22H30N2O2. The van der Waals surface area contributed by atoms with E-state index in [4.69, 9.17) is 4.74 Å². The first-order chi connectivity index (χ1) is 12.4. The van der Waals surface area contributed by atoms with Gasteiger partial charge in [0.25, 0.3) is 5.91 Å². The lowest BCUT2D eigenvalue weighted by atomic mass is 10.0. The van der Waals surface area contributed by atoms with Crippen LogP contribution in [0.3, 0.4) is 0 Å². The number of likely N-dealkylation sites (N-methyl/N-ethyl adjacent to an activating group) is 1. The molecule has 0 aliphatic carbocycles. The standard InChI is InChI=1S/C22H30N2O2/c1-16(2)19-12-11-17(3)13-21(19)26-15-22(25)23-14-20(24(4)5)18-9-7-6-8-10-18/h6-13,16,20H,14-15H2,1-5H3,(H,23,25). The number of ether oxygens (including phenoxy) is 1. The molecule has 0 aliphatic rings. The molecule has 1 atom stereocenters. The van der Waals surface area contributed by atoms with Crippen LogP contribution in [0.15, 0.2) is 48.5 Å². The van der Waals surface area contributed by atoms with Gasteiger partial charge in [-0.2, -0.15) is 0 Å². The van der Waals surface area contributed by atoms with E-state index >= 15 is 0 Å². The molecule has 0 saturated carbocycles. The van der Waals surface area contributed by atoms with Crippen LogP contribution in [-0.4, -0.2) is 38.1 Å². The summed E-state index contributed by atoms with van der Waals surface area (Å²) in [5.74, 6) is 1.04. The van der Waals surface area contributed by atoms with Crippen molar-refractivity contribution in [2.75, 3.05) is 27.2 Å². The van der Waals surface area contributed by atoms with Gasteiger partial charge in [-0.1, -0.05) is 56.3 Å². The van der Waals surface area contributed by atoms with Crippen molar-refractivity contribution in [1.82, 2.24) is 10.2 Å². The topological polar surface area (TPSA) is 41.6 Å². The van der Waals surface area contributed by atoms with Crippen LogP contribution < -0.4 is 10.1 Å². The van der Waals surface area contributed by atoms with E-state index in [0.717, 1.165) is 16.9 Å². The molecule has 1 unspecified atom stereocenters. The maximum Gasteiger partial charge on any atom is 0.258 e. The number of carbonyl (C=O) groups is 1. The van der Waals surface area contributed by atoms with Gasteiger partial charge in [-0.3, -0.25) is 4.79 Å². The Morgan fingerprint density at radius 1 is 1.12 bits per heavy atom.